The van der Waals surface area contributed by atoms with Gasteiger partial charge in [-0.25, -0.2) is 13.1 Å². The Morgan fingerprint density at radius 3 is 2.40 bits per heavy atom. The Labute approximate surface area is 92.9 Å². The van der Waals surface area contributed by atoms with E-state index in [1.54, 1.807) is 13.8 Å². The molecule has 0 bridgehead atoms. The molecular formula is C10H22N2O2S. The number of piperidine rings is 1. The van der Waals surface area contributed by atoms with Gasteiger partial charge in [-0.2, -0.15) is 0 Å². The molecule has 1 heterocycles. The average molecular weight is 234 g/mol. The molecule has 1 aliphatic heterocycles. The first kappa shape index (κ1) is 12.9. The SMILES string of the molecule is CC(NS(=O)(=O)C(C)C)C1CCCCN1. The number of hydrogen-bond donors (Lipinski definition) is 2. The molecule has 0 spiro atoms. The van der Waals surface area contributed by atoms with E-state index in [9.17, 15) is 8.42 Å². The minimum Gasteiger partial charge on any atom is -0.312 e. The van der Waals surface area contributed by atoms with E-state index in [1.165, 1.54) is 12.8 Å². The van der Waals surface area contributed by atoms with Crippen LogP contribution in [0.25, 0.3) is 0 Å². The fraction of sp³-hybridized carbons (Fsp3) is 1.00. The number of hydrogen-bond acceptors (Lipinski definition) is 3. The van der Waals surface area contributed by atoms with Gasteiger partial charge in [0.05, 0.1) is 5.25 Å². The second-order valence-corrected chi connectivity index (χ2v) is 6.83. The van der Waals surface area contributed by atoms with Gasteiger partial charge in [0.25, 0.3) is 0 Å². The molecule has 5 heteroatoms. The van der Waals surface area contributed by atoms with Gasteiger partial charge in [0.1, 0.15) is 0 Å². The van der Waals surface area contributed by atoms with Crippen LogP contribution in [-0.4, -0.2) is 32.3 Å². The highest BCUT2D eigenvalue weighted by Gasteiger charge is 2.25. The third-order valence-corrected chi connectivity index (χ3v) is 4.86. The van der Waals surface area contributed by atoms with Crippen molar-refractivity contribution < 1.29 is 8.42 Å². The molecule has 90 valence electrons. The topological polar surface area (TPSA) is 58.2 Å². The maximum Gasteiger partial charge on any atom is 0.214 e. The molecule has 1 rings (SSSR count). The van der Waals surface area contributed by atoms with Crippen LogP contribution in [0.1, 0.15) is 40.0 Å². The van der Waals surface area contributed by atoms with Crippen molar-refractivity contribution in [2.75, 3.05) is 6.54 Å². The molecule has 0 amide bonds. The molecule has 1 saturated heterocycles. The maximum absolute atomic E-state index is 11.6. The van der Waals surface area contributed by atoms with Crippen molar-refractivity contribution in [1.29, 1.82) is 0 Å². The van der Waals surface area contributed by atoms with Crippen LogP contribution in [0.4, 0.5) is 0 Å². The summed E-state index contributed by atoms with van der Waals surface area (Å²) in [5, 5.41) is 3.00. The monoisotopic (exact) mass is 234 g/mol. The Hall–Kier alpha value is -0.130. The highest BCUT2D eigenvalue weighted by atomic mass is 32.2. The molecule has 2 unspecified atom stereocenters. The van der Waals surface area contributed by atoms with Gasteiger partial charge in [-0.3, -0.25) is 0 Å². The van der Waals surface area contributed by atoms with Crippen molar-refractivity contribution >= 4 is 10.0 Å². The first-order valence-electron chi connectivity index (χ1n) is 5.68. The lowest BCUT2D eigenvalue weighted by Gasteiger charge is -2.29. The molecule has 1 fully saturated rings. The predicted molar refractivity (Wildman–Crippen MR) is 62.3 cm³/mol. The summed E-state index contributed by atoms with van der Waals surface area (Å²) in [5.41, 5.74) is 0. The highest BCUT2D eigenvalue weighted by Crippen LogP contribution is 2.11. The minimum atomic E-state index is -3.14. The van der Waals surface area contributed by atoms with Gasteiger partial charge >= 0.3 is 0 Å². The van der Waals surface area contributed by atoms with Gasteiger partial charge in [-0.15, -0.1) is 0 Å². The van der Waals surface area contributed by atoms with Crippen LogP contribution in [-0.2, 0) is 10.0 Å². The van der Waals surface area contributed by atoms with E-state index in [-0.39, 0.29) is 17.3 Å². The van der Waals surface area contributed by atoms with Crippen LogP contribution in [0.3, 0.4) is 0 Å². The molecule has 0 aromatic rings. The highest BCUT2D eigenvalue weighted by molar-refractivity contribution is 7.90. The largest absolute Gasteiger partial charge is 0.312 e. The lowest BCUT2D eigenvalue weighted by Crippen LogP contribution is -2.51. The molecule has 0 radical (unpaired) electrons. The zero-order valence-corrected chi connectivity index (χ0v) is 10.6. The third-order valence-electron chi connectivity index (χ3n) is 2.92. The van der Waals surface area contributed by atoms with Crippen molar-refractivity contribution in [1.82, 2.24) is 10.0 Å². The lowest BCUT2D eigenvalue weighted by molar-refractivity contribution is 0.346. The standard InChI is InChI=1S/C10H22N2O2S/c1-8(2)15(13,14)12-9(3)10-6-4-5-7-11-10/h8-12H,4-7H2,1-3H3. The van der Waals surface area contributed by atoms with Crippen LogP contribution in [0.2, 0.25) is 0 Å². The van der Waals surface area contributed by atoms with Crippen LogP contribution in [0.15, 0.2) is 0 Å². The van der Waals surface area contributed by atoms with E-state index >= 15 is 0 Å². The summed E-state index contributed by atoms with van der Waals surface area (Å²) in [6.07, 6.45) is 3.44. The lowest BCUT2D eigenvalue weighted by atomic mass is 10.00. The first-order chi connectivity index (χ1) is 6.93. The normalized spacial score (nSPS) is 25.5. The second-order valence-electron chi connectivity index (χ2n) is 4.56. The van der Waals surface area contributed by atoms with Gasteiger partial charge < -0.3 is 5.32 Å². The molecule has 0 aliphatic carbocycles. The fourth-order valence-electron chi connectivity index (χ4n) is 1.78. The molecule has 15 heavy (non-hydrogen) atoms. The van der Waals surface area contributed by atoms with Crippen molar-refractivity contribution in [2.45, 2.75) is 57.4 Å². The Bertz CT molecular complexity index is 282. The zero-order valence-electron chi connectivity index (χ0n) is 9.79. The minimum absolute atomic E-state index is 0.0160. The summed E-state index contributed by atoms with van der Waals surface area (Å²) in [4.78, 5) is 0. The van der Waals surface area contributed by atoms with Gasteiger partial charge in [0, 0.05) is 12.1 Å². The van der Waals surface area contributed by atoms with Crippen LogP contribution in [0, 0.1) is 0 Å². The first-order valence-corrected chi connectivity index (χ1v) is 7.22. The summed E-state index contributed by atoms with van der Waals surface area (Å²) in [6, 6.07) is 0.268. The van der Waals surface area contributed by atoms with Crippen molar-refractivity contribution in [3.63, 3.8) is 0 Å². The van der Waals surface area contributed by atoms with E-state index in [1.807, 2.05) is 6.92 Å². The van der Waals surface area contributed by atoms with Crippen molar-refractivity contribution in [3.05, 3.63) is 0 Å². The molecule has 2 N–H and O–H groups in total. The van der Waals surface area contributed by atoms with Gasteiger partial charge in [-0.1, -0.05) is 6.42 Å². The molecule has 1 aliphatic rings. The molecule has 0 aromatic carbocycles. The van der Waals surface area contributed by atoms with Crippen LogP contribution < -0.4 is 10.0 Å². The molecule has 2 atom stereocenters. The van der Waals surface area contributed by atoms with Crippen LogP contribution in [0.5, 0.6) is 0 Å². The van der Waals surface area contributed by atoms with E-state index in [4.69, 9.17) is 0 Å². The van der Waals surface area contributed by atoms with Gasteiger partial charge in [0.2, 0.25) is 10.0 Å². The molecule has 4 nitrogen and oxygen atoms in total. The average Bonchev–Trinajstić information content (AvgIpc) is 2.18. The zero-order chi connectivity index (χ0) is 11.5. The molecule has 0 aromatic heterocycles. The summed E-state index contributed by atoms with van der Waals surface area (Å²) >= 11 is 0. The van der Waals surface area contributed by atoms with E-state index in [2.05, 4.69) is 10.0 Å². The number of nitrogens with one attached hydrogen (secondary N) is 2. The van der Waals surface area contributed by atoms with Gasteiger partial charge in [-0.05, 0) is 40.2 Å². The van der Waals surface area contributed by atoms with Crippen LogP contribution >= 0.6 is 0 Å². The summed E-state index contributed by atoms with van der Waals surface area (Å²) in [5.74, 6) is 0. The Kier molecular flexibility index (Phi) is 4.55. The Balaban J connectivity index is 2.50. The summed E-state index contributed by atoms with van der Waals surface area (Å²) in [6.45, 7) is 6.33. The Morgan fingerprint density at radius 2 is 1.93 bits per heavy atom. The summed E-state index contributed by atoms with van der Waals surface area (Å²) in [7, 11) is -3.14. The molecular weight excluding hydrogens is 212 g/mol. The van der Waals surface area contributed by atoms with E-state index < -0.39 is 10.0 Å². The number of sulfonamides is 1. The predicted octanol–water partition coefficient (Wildman–Crippen LogP) is 0.845. The number of rotatable bonds is 4. The van der Waals surface area contributed by atoms with Crippen molar-refractivity contribution in [3.8, 4) is 0 Å². The maximum atomic E-state index is 11.6. The summed E-state index contributed by atoms with van der Waals surface area (Å²) < 4.78 is 26.0. The smallest absolute Gasteiger partial charge is 0.214 e. The van der Waals surface area contributed by atoms with Crippen molar-refractivity contribution in [2.24, 2.45) is 0 Å². The quantitative estimate of drug-likeness (QED) is 0.758. The molecule has 0 saturated carbocycles. The Morgan fingerprint density at radius 1 is 1.27 bits per heavy atom. The van der Waals surface area contributed by atoms with Gasteiger partial charge in [0.15, 0.2) is 0 Å². The second kappa shape index (κ2) is 5.27. The van der Waals surface area contributed by atoms with E-state index in [0.29, 0.717) is 0 Å². The fourth-order valence-corrected chi connectivity index (χ4v) is 2.74. The van der Waals surface area contributed by atoms with E-state index in [0.717, 1.165) is 13.0 Å². The third kappa shape index (κ3) is 3.74.